The molecule has 0 radical (unpaired) electrons. The number of fused-ring (bicyclic) bond motifs is 1. The predicted octanol–water partition coefficient (Wildman–Crippen LogP) is 4.66. The fourth-order valence-corrected chi connectivity index (χ4v) is 3.77. The van der Waals surface area contributed by atoms with E-state index in [0.717, 1.165) is 22.2 Å². The summed E-state index contributed by atoms with van der Waals surface area (Å²) in [5.74, 6) is 0.563. The second kappa shape index (κ2) is 8.36. The molecule has 0 fully saturated rings. The van der Waals surface area contributed by atoms with Crippen molar-refractivity contribution in [3.8, 4) is 0 Å². The van der Waals surface area contributed by atoms with Gasteiger partial charge in [0.1, 0.15) is 12.0 Å². The molecule has 1 aliphatic rings. The molecule has 1 unspecified atom stereocenters. The maximum Gasteiger partial charge on any atom is 0.229 e. The van der Waals surface area contributed by atoms with Crippen LogP contribution in [0.15, 0.2) is 90.9 Å². The van der Waals surface area contributed by atoms with E-state index < -0.39 is 0 Å². The van der Waals surface area contributed by atoms with Gasteiger partial charge >= 0.3 is 0 Å². The number of nitrogens with zero attached hydrogens (tertiary/aromatic N) is 1. The minimum atomic E-state index is -0.185. The van der Waals surface area contributed by atoms with Gasteiger partial charge in [0, 0.05) is 16.6 Å². The first-order valence-corrected chi connectivity index (χ1v) is 10.1. The highest BCUT2D eigenvalue weighted by Crippen LogP contribution is 2.26. The molecule has 6 nitrogen and oxygen atoms in total. The van der Waals surface area contributed by atoms with Crippen LogP contribution in [-0.4, -0.2) is 28.8 Å². The SMILES string of the molecule is O=C(c1ccccc1NC(Cc1ccccc1)C1=COCO1)c1n[nH]c2ccccc12. The third-order valence-corrected chi connectivity index (χ3v) is 5.31. The summed E-state index contributed by atoms with van der Waals surface area (Å²) in [6.45, 7) is 0.197. The zero-order valence-electron chi connectivity index (χ0n) is 16.7. The number of hydrogen-bond acceptors (Lipinski definition) is 5. The molecule has 2 N–H and O–H groups in total. The molecule has 154 valence electrons. The molecule has 5 rings (SSSR count). The van der Waals surface area contributed by atoms with Gasteiger partial charge in [-0.2, -0.15) is 5.10 Å². The Bertz CT molecular complexity index is 1250. The zero-order chi connectivity index (χ0) is 21.0. The number of ether oxygens (including phenoxy) is 2. The monoisotopic (exact) mass is 411 g/mol. The first-order valence-electron chi connectivity index (χ1n) is 10.1. The molecule has 2 heterocycles. The molecule has 0 amide bonds. The average Bonchev–Trinajstić information content (AvgIpc) is 3.50. The Balaban J connectivity index is 1.48. The highest BCUT2D eigenvalue weighted by molar-refractivity contribution is 6.17. The average molecular weight is 411 g/mol. The summed E-state index contributed by atoms with van der Waals surface area (Å²) in [6, 6.07) is 25.0. The Morgan fingerprint density at radius 2 is 1.77 bits per heavy atom. The van der Waals surface area contributed by atoms with E-state index in [1.54, 1.807) is 6.26 Å². The lowest BCUT2D eigenvalue weighted by atomic mass is 10.0. The van der Waals surface area contributed by atoms with Crippen molar-refractivity contribution in [1.82, 2.24) is 10.2 Å². The number of nitrogens with one attached hydrogen (secondary N) is 2. The van der Waals surface area contributed by atoms with E-state index in [4.69, 9.17) is 9.47 Å². The fourth-order valence-electron chi connectivity index (χ4n) is 3.77. The lowest BCUT2D eigenvalue weighted by Gasteiger charge is -2.21. The number of hydrogen-bond donors (Lipinski definition) is 2. The van der Waals surface area contributed by atoms with Gasteiger partial charge in [0.05, 0.1) is 11.6 Å². The van der Waals surface area contributed by atoms with Crippen LogP contribution in [0.4, 0.5) is 5.69 Å². The summed E-state index contributed by atoms with van der Waals surface area (Å²) in [7, 11) is 0. The summed E-state index contributed by atoms with van der Waals surface area (Å²) in [5, 5.41) is 11.5. The molecule has 3 aromatic carbocycles. The van der Waals surface area contributed by atoms with Crippen molar-refractivity contribution in [2.24, 2.45) is 0 Å². The topological polar surface area (TPSA) is 76.2 Å². The number of aromatic nitrogens is 2. The number of ketones is 1. The Morgan fingerprint density at radius 3 is 2.61 bits per heavy atom. The number of benzene rings is 3. The van der Waals surface area contributed by atoms with Crippen molar-refractivity contribution in [3.05, 3.63) is 108 Å². The van der Waals surface area contributed by atoms with Crippen LogP contribution in [0.2, 0.25) is 0 Å². The molecule has 0 spiro atoms. The van der Waals surface area contributed by atoms with Crippen LogP contribution in [0.25, 0.3) is 10.9 Å². The molecule has 6 heteroatoms. The Morgan fingerprint density at radius 1 is 1.00 bits per heavy atom. The van der Waals surface area contributed by atoms with E-state index in [1.807, 2.05) is 66.7 Å². The molecule has 0 saturated carbocycles. The van der Waals surface area contributed by atoms with Gasteiger partial charge in [0.2, 0.25) is 12.6 Å². The largest absolute Gasteiger partial charge is 0.462 e. The van der Waals surface area contributed by atoms with Gasteiger partial charge in [-0.1, -0.05) is 60.7 Å². The van der Waals surface area contributed by atoms with E-state index in [0.29, 0.717) is 23.4 Å². The summed E-state index contributed by atoms with van der Waals surface area (Å²) < 4.78 is 11.0. The normalized spacial score (nSPS) is 13.9. The number of aromatic amines is 1. The van der Waals surface area contributed by atoms with Crippen LogP contribution in [0, 0.1) is 0 Å². The summed E-state index contributed by atoms with van der Waals surface area (Å²) in [6.07, 6.45) is 2.32. The van der Waals surface area contributed by atoms with Crippen molar-refractivity contribution in [2.45, 2.75) is 12.5 Å². The third kappa shape index (κ3) is 3.88. The molecule has 4 aromatic rings. The molecule has 0 saturated heterocycles. The molecule has 0 aliphatic carbocycles. The first kappa shape index (κ1) is 18.9. The number of H-pyrrole nitrogens is 1. The van der Waals surface area contributed by atoms with Gasteiger partial charge in [-0.15, -0.1) is 0 Å². The number of carbonyl (C=O) groups is 1. The highest BCUT2D eigenvalue weighted by Gasteiger charge is 2.24. The summed E-state index contributed by atoms with van der Waals surface area (Å²) in [5.41, 5.74) is 3.66. The van der Waals surface area contributed by atoms with Crippen molar-refractivity contribution in [2.75, 3.05) is 12.1 Å². The van der Waals surface area contributed by atoms with E-state index in [9.17, 15) is 4.79 Å². The zero-order valence-corrected chi connectivity index (χ0v) is 16.7. The summed E-state index contributed by atoms with van der Waals surface area (Å²) >= 11 is 0. The maximum atomic E-state index is 13.4. The number of anilines is 1. The van der Waals surface area contributed by atoms with Crippen LogP contribution in [-0.2, 0) is 15.9 Å². The van der Waals surface area contributed by atoms with Gasteiger partial charge < -0.3 is 14.8 Å². The van der Waals surface area contributed by atoms with Gasteiger partial charge in [-0.3, -0.25) is 9.89 Å². The van der Waals surface area contributed by atoms with Gasteiger partial charge in [-0.25, -0.2) is 0 Å². The predicted molar refractivity (Wildman–Crippen MR) is 119 cm³/mol. The molecule has 1 aliphatic heterocycles. The van der Waals surface area contributed by atoms with Crippen LogP contribution in [0.1, 0.15) is 21.6 Å². The molecular formula is C25H21N3O3. The van der Waals surface area contributed by atoms with Gasteiger partial charge in [-0.05, 0) is 30.2 Å². The van der Waals surface area contributed by atoms with Crippen molar-refractivity contribution in [3.63, 3.8) is 0 Å². The van der Waals surface area contributed by atoms with Crippen molar-refractivity contribution < 1.29 is 14.3 Å². The van der Waals surface area contributed by atoms with E-state index in [-0.39, 0.29) is 18.6 Å². The molecule has 0 bridgehead atoms. The van der Waals surface area contributed by atoms with Crippen LogP contribution >= 0.6 is 0 Å². The molecule has 1 atom stereocenters. The first-order chi connectivity index (χ1) is 15.3. The van der Waals surface area contributed by atoms with E-state index in [2.05, 4.69) is 27.6 Å². The number of para-hydroxylation sites is 2. The minimum Gasteiger partial charge on any atom is -0.462 e. The minimum absolute atomic E-state index is 0.142. The highest BCUT2D eigenvalue weighted by atomic mass is 16.7. The molecular weight excluding hydrogens is 390 g/mol. The lowest BCUT2D eigenvalue weighted by molar-refractivity contribution is 0.0764. The maximum absolute atomic E-state index is 13.4. The second-order valence-corrected chi connectivity index (χ2v) is 7.33. The molecule has 1 aromatic heterocycles. The third-order valence-electron chi connectivity index (χ3n) is 5.31. The fraction of sp³-hybridized carbons (Fsp3) is 0.120. The quantitative estimate of drug-likeness (QED) is 0.433. The second-order valence-electron chi connectivity index (χ2n) is 7.33. The van der Waals surface area contributed by atoms with Crippen LogP contribution in [0.5, 0.6) is 0 Å². The van der Waals surface area contributed by atoms with Crippen molar-refractivity contribution in [1.29, 1.82) is 0 Å². The Hall–Kier alpha value is -4.06. The van der Waals surface area contributed by atoms with Crippen LogP contribution in [0.3, 0.4) is 0 Å². The standard InChI is InChI=1S/C25H21N3O3/c29-25(24-18-10-4-7-13-21(18)27-28-24)19-11-5-6-12-20(19)26-22(23-15-30-16-31-23)14-17-8-2-1-3-9-17/h1-13,15,22,26H,14,16H2,(H,27,28). The number of rotatable bonds is 7. The Labute approximate surface area is 179 Å². The Kier molecular flexibility index (Phi) is 5.10. The van der Waals surface area contributed by atoms with E-state index >= 15 is 0 Å². The van der Waals surface area contributed by atoms with E-state index in [1.165, 1.54) is 0 Å². The summed E-state index contributed by atoms with van der Waals surface area (Å²) in [4.78, 5) is 13.4. The van der Waals surface area contributed by atoms with Gasteiger partial charge in [0.15, 0.2) is 5.76 Å². The number of carbonyl (C=O) groups excluding carboxylic acids is 1. The smallest absolute Gasteiger partial charge is 0.229 e. The molecule has 31 heavy (non-hydrogen) atoms. The van der Waals surface area contributed by atoms with Gasteiger partial charge in [0.25, 0.3) is 0 Å². The lowest BCUT2D eigenvalue weighted by Crippen LogP contribution is -2.26. The van der Waals surface area contributed by atoms with Crippen molar-refractivity contribution >= 4 is 22.4 Å². The van der Waals surface area contributed by atoms with Crippen LogP contribution < -0.4 is 5.32 Å².